The highest BCUT2D eigenvalue weighted by atomic mass is 35.5. The summed E-state index contributed by atoms with van der Waals surface area (Å²) in [5, 5.41) is 15.1. The van der Waals surface area contributed by atoms with Crippen molar-refractivity contribution in [1.29, 1.82) is 5.26 Å². The maximum atomic E-state index is 8.75. The predicted molar refractivity (Wildman–Crippen MR) is 72.8 cm³/mol. The van der Waals surface area contributed by atoms with E-state index in [0.717, 1.165) is 15.6 Å². The highest BCUT2D eigenvalue weighted by Crippen LogP contribution is 2.23. The van der Waals surface area contributed by atoms with Crippen LogP contribution in [0.1, 0.15) is 10.4 Å². The van der Waals surface area contributed by atoms with Crippen LogP contribution in [-0.2, 0) is 6.54 Å². The third-order valence-electron chi connectivity index (χ3n) is 2.18. The lowest BCUT2D eigenvalue weighted by atomic mass is 10.2. The second kappa shape index (κ2) is 5.42. The number of thiophene rings is 1. The maximum absolute atomic E-state index is 8.75. The molecular formula is C12H8Cl2N2S. The molecular weight excluding hydrogens is 275 g/mol. The van der Waals surface area contributed by atoms with Gasteiger partial charge in [-0.15, -0.1) is 11.3 Å². The largest absolute Gasteiger partial charge is 0.380 e. The summed E-state index contributed by atoms with van der Waals surface area (Å²) in [4.78, 5) is 1.15. The molecule has 0 radical (unpaired) electrons. The lowest BCUT2D eigenvalue weighted by Crippen LogP contribution is -1.97. The highest BCUT2D eigenvalue weighted by Gasteiger charge is 2.02. The van der Waals surface area contributed by atoms with E-state index in [1.165, 1.54) is 0 Å². The Bertz CT molecular complexity index is 572. The monoisotopic (exact) mass is 282 g/mol. The summed E-state index contributed by atoms with van der Waals surface area (Å²) < 4.78 is 0. The normalized spacial score (nSPS) is 9.94. The number of hydrogen-bond acceptors (Lipinski definition) is 3. The predicted octanol–water partition coefficient (Wildman–Crippen LogP) is 4.54. The Morgan fingerprint density at radius 2 is 2.12 bits per heavy atom. The zero-order valence-corrected chi connectivity index (χ0v) is 11.0. The Balaban J connectivity index is 2.05. The van der Waals surface area contributed by atoms with Crippen molar-refractivity contribution < 1.29 is 0 Å². The van der Waals surface area contributed by atoms with Crippen LogP contribution in [0.5, 0.6) is 0 Å². The minimum absolute atomic E-state index is 0.460. The molecule has 86 valence electrons. The molecule has 0 fully saturated rings. The number of halogens is 2. The smallest absolute Gasteiger partial charge is 0.101 e. The highest BCUT2D eigenvalue weighted by molar-refractivity contribution is 7.10. The van der Waals surface area contributed by atoms with Gasteiger partial charge in [-0.2, -0.15) is 5.26 Å². The number of anilines is 1. The van der Waals surface area contributed by atoms with Gasteiger partial charge in [0.05, 0.1) is 15.6 Å². The number of hydrogen-bond donors (Lipinski definition) is 1. The molecule has 0 amide bonds. The molecule has 2 aromatic rings. The molecule has 5 heteroatoms. The Kier molecular flexibility index (Phi) is 3.90. The number of nitrogens with zero attached hydrogens (tertiary/aromatic N) is 1. The minimum atomic E-state index is 0.460. The first-order valence-corrected chi connectivity index (χ1v) is 6.49. The molecule has 17 heavy (non-hydrogen) atoms. The fourth-order valence-corrected chi connectivity index (χ4v) is 2.59. The molecule has 0 spiro atoms. The molecule has 1 aromatic carbocycles. The first kappa shape index (κ1) is 12.3. The van der Waals surface area contributed by atoms with Crippen LogP contribution < -0.4 is 5.32 Å². The fourth-order valence-electron chi connectivity index (χ4n) is 1.35. The van der Waals surface area contributed by atoms with Gasteiger partial charge >= 0.3 is 0 Å². The standard InChI is InChI=1S/C12H8Cl2N2S/c13-9-3-11(17-7-9)6-16-10-2-1-8(5-15)12(14)4-10/h1-4,7,16H,6H2. The van der Waals surface area contributed by atoms with Crippen LogP contribution in [0.15, 0.2) is 29.6 Å². The van der Waals surface area contributed by atoms with E-state index < -0.39 is 0 Å². The second-order valence-electron chi connectivity index (χ2n) is 3.39. The Morgan fingerprint density at radius 1 is 1.29 bits per heavy atom. The van der Waals surface area contributed by atoms with Crippen LogP contribution in [-0.4, -0.2) is 0 Å². The zero-order chi connectivity index (χ0) is 12.3. The van der Waals surface area contributed by atoms with E-state index in [-0.39, 0.29) is 0 Å². The van der Waals surface area contributed by atoms with Crippen LogP contribution in [0.2, 0.25) is 10.0 Å². The minimum Gasteiger partial charge on any atom is -0.380 e. The van der Waals surface area contributed by atoms with Gasteiger partial charge in [-0.3, -0.25) is 0 Å². The van der Waals surface area contributed by atoms with Crippen LogP contribution in [0.4, 0.5) is 5.69 Å². The zero-order valence-electron chi connectivity index (χ0n) is 8.71. The fraction of sp³-hybridized carbons (Fsp3) is 0.0833. The summed E-state index contributed by atoms with van der Waals surface area (Å²) in [6, 6.07) is 9.22. The summed E-state index contributed by atoms with van der Waals surface area (Å²) in [6.07, 6.45) is 0. The molecule has 1 heterocycles. The molecule has 1 aromatic heterocycles. The van der Waals surface area contributed by atoms with Crippen LogP contribution in [0, 0.1) is 11.3 Å². The first-order chi connectivity index (χ1) is 8.19. The van der Waals surface area contributed by atoms with Gasteiger partial charge in [0.1, 0.15) is 6.07 Å². The van der Waals surface area contributed by atoms with E-state index in [9.17, 15) is 0 Å². The number of nitrogens with one attached hydrogen (secondary N) is 1. The summed E-state index contributed by atoms with van der Waals surface area (Å²) in [5.74, 6) is 0. The molecule has 0 saturated heterocycles. The number of rotatable bonds is 3. The van der Waals surface area contributed by atoms with Crippen molar-refractivity contribution in [3.8, 4) is 6.07 Å². The van der Waals surface area contributed by atoms with Crippen molar-refractivity contribution in [2.24, 2.45) is 0 Å². The van der Waals surface area contributed by atoms with Crippen molar-refractivity contribution in [3.05, 3.63) is 50.1 Å². The van der Waals surface area contributed by atoms with Gasteiger partial charge in [-0.1, -0.05) is 23.2 Å². The summed E-state index contributed by atoms with van der Waals surface area (Å²) in [6.45, 7) is 0.694. The van der Waals surface area contributed by atoms with Crippen molar-refractivity contribution in [3.63, 3.8) is 0 Å². The SMILES string of the molecule is N#Cc1ccc(NCc2cc(Cl)cs2)cc1Cl. The topological polar surface area (TPSA) is 35.8 Å². The van der Waals surface area contributed by atoms with Crippen molar-refractivity contribution in [1.82, 2.24) is 0 Å². The second-order valence-corrected chi connectivity index (χ2v) is 5.23. The molecule has 0 bridgehead atoms. The molecule has 0 aliphatic carbocycles. The van der Waals surface area contributed by atoms with E-state index >= 15 is 0 Å². The summed E-state index contributed by atoms with van der Waals surface area (Å²) in [5.41, 5.74) is 1.37. The van der Waals surface area contributed by atoms with Gasteiger partial charge in [0.2, 0.25) is 0 Å². The number of benzene rings is 1. The lowest BCUT2D eigenvalue weighted by Gasteiger charge is -2.05. The summed E-state index contributed by atoms with van der Waals surface area (Å²) >= 11 is 13.4. The number of nitriles is 1. The van der Waals surface area contributed by atoms with Gasteiger partial charge in [-0.25, -0.2) is 0 Å². The third kappa shape index (κ3) is 3.13. The molecule has 1 N–H and O–H groups in total. The van der Waals surface area contributed by atoms with E-state index in [4.69, 9.17) is 28.5 Å². The molecule has 2 rings (SSSR count). The molecule has 0 unspecified atom stereocenters. The van der Waals surface area contributed by atoms with Crippen LogP contribution in [0.25, 0.3) is 0 Å². The van der Waals surface area contributed by atoms with Crippen LogP contribution >= 0.6 is 34.5 Å². The molecule has 0 aliphatic heterocycles. The van der Waals surface area contributed by atoms with E-state index in [1.807, 2.05) is 23.6 Å². The quantitative estimate of drug-likeness (QED) is 0.897. The molecule has 0 saturated carbocycles. The van der Waals surface area contributed by atoms with Crippen molar-refractivity contribution >= 4 is 40.2 Å². The van der Waals surface area contributed by atoms with Crippen molar-refractivity contribution in [2.45, 2.75) is 6.54 Å². The van der Waals surface area contributed by atoms with Gasteiger partial charge in [0, 0.05) is 22.5 Å². The van der Waals surface area contributed by atoms with Crippen LogP contribution in [0.3, 0.4) is 0 Å². The average Bonchev–Trinajstić information content (AvgIpc) is 2.73. The van der Waals surface area contributed by atoms with Gasteiger partial charge in [0.15, 0.2) is 0 Å². The maximum Gasteiger partial charge on any atom is 0.101 e. The average molecular weight is 283 g/mol. The Hall–Kier alpha value is -1.21. The van der Waals surface area contributed by atoms with E-state index in [2.05, 4.69) is 5.32 Å². The van der Waals surface area contributed by atoms with Gasteiger partial charge in [-0.05, 0) is 24.3 Å². The van der Waals surface area contributed by atoms with E-state index in [0.29, 0.717) is 17.1 Å². The van der Waals surface area contributed by atoms with E-state index in [1.54, 1.807) is 23.5 Å². The lowest BCUT2D eigenvalue weighted by molar-refractivity contribution is 1.19. The molecule has 2 nitrogen and oxygen atoms in total. The Labute approximate surface area is 113 Å². The van der Waals surface area contributed by atoms with Gasteiger partial charge in [0.25, 0.3) is 0 Å². The third-order valence-corrected chi connectivity index (χ3v) is 3.78. The summed E-state index contributed by atoms with van der Waals surface area (Å²) in [7, 11) is 0. The van der Waals surface area contributed by atoms with Crippen molar-refractivity contribution in [2.75, 3.05) is 5.32 Å². The first-order valence-electron chi connectivity index (χ1n) is 4.85. The Morgan fingerprint density at radius 3 is 2.71 bits per heavy atom. The van der Waals surface area contributed by atoms with Gasteiger partial charge < -0.3 is 5.32 Å². The molecule has 0 aliphatic rings. The molecule has 0 atom stereocenters.